The Bertz CT molecular complexity index is 562. The quantitative estimate of drug-likeness (QED) is 0.641. The highest BCUT2D eigenvalue weighted by Gasteiger charge is 2.24. The minimum atomic E-state index is -3.36. The zero-order valence-electron chi connectivity index (χ0n) is 10.4. The predicted molar refractivity (Wildman–Crippen MR) is 71.8 cm³/mol. The molecule has 19 heavy (non-hydrogen) atoms. The second-order valence-corrected chi connectivity index (χ2v) is 6.00. The van der Waals surface area contributed by atoms with Crippen LogP contribution in [-0.4, -0.2) is 50.4 Å². The molecule has 0 saturated carbocycles. The number of nitrogens with one attached hydrogen (secondary N) is 1. The summed E-state index contributed by atoms with van der Waals surface area (Å²) < 4.78 is 26.3. The van der Waals surface area contributed by atoms with Crippen LogP contribution in [-0.2, 0) is 14.8 Å². The Morgan fingerprint density at radius 3 is 3.00 bits per heavy atom. The first kappa shape index (κ1) is 13.8. The van der Waals surface area contributed by atoms with E-state index in [1.165, 1.54) is 6.08 Å². The van der Waals surface area contributed by atoms with Gasteiger partial charge in [-0.1, -0.05) is 0 Å². The van der Waals surface area contributed by atoms with Gasteiger partial charge in [0.25, 0.3) is 15.9 Å². The molecule has 2 aliphatic heterocycles. The van der Waals surface area contributed by atoms with Gasteiger partial charge in [-0.25, -0.2) is 8.42 Å². The predicted octanol–water partition coefficient (Wildman–Crippen LogP) is -1.05. The smallest absolute Gasteiger partial charge is 0.256 e. The molecule has 0 bridgehead atoms. The Morgan fingerprint density at radius 1 is 1.47 bits per heavy atom. The zero-order valence-corrected chi connectivity index (χ0v) is 11.2. The first-order valence-corrected chi connectivity index (χ1v) is 7.60. The molecular formula is C11H16N4O3S. The molecule has 0 spiro atoms. The normalized spacial score (nSPS) is 20.4. The second kappa shape index (κ2) is 5.54. The van der Waals surface area contributed by atoms with Crippen LogP contribution in [0.4, 0.5) is 0 Å². The molecule has 2 heterocycles. The van der Waals surface area contributed by atoms with E-state index in [9.17, 15) is 13.2 Å². The molecule has 2 rings (SSSR count). The molecule has 0 aromatic heterocycles. The van der Waals surface area contributed by atoms with Crippen molar-refractivity contribution in [3.05, 3.63) is 23.9 Å². The number of nitrogens with two attached hydrogens (primary N) is 1. The van der Waals surface area contributed by atoms with Gasteiger partial charge in [-0.3, -0.25) is 4.79 Å². The van der Waals surface area contributed by atoms with Crippen LogP contribution in [0.1, 0.15) is 6.42 Å². The number of fused-ring (bicyclic) bond motifs is 1. The van der Waals surface area contributed by atoms with E-state index in [0.29, 0.717) is 31.0 Å². The first-order valence-electron chi connectivity index (χ1n) is 5.99. The Labute approximate surface area is 111 Å². The van der Waals surface area contributed by atoms with E-state index in [1.54, 1.807) is 17.2 Å². The Kier molecular flexibility index (Phi) is 4.01. The van der Waals surface area contributed by atoms with Gasteiger partial charge in [0.15, 0.2) is 0 Å². The van der Waals surface area contributed by atoms with E-state index in [-0.39, 0.29) is 11.7 Å². The van der Waals surface area contributed by atoms with Crippen molar-refractivity contribution in [2.45, 2.75) is 6.42 Å². The van der Waals surface area contributed by atoms with Crippen molar-refractivity contribution >= 4 is 21.8 Å². The van der Waals surface area contributed by atoms with Crippen LogP contribution in [0.3, 0.4) is 0 Å². The molecule has 104 valence electrons. The summed E-state index contributed by atoms with van der Waals surface area (Å²) in [6.45, 7) is 1.36. The summed E-state index contributed by atoms with van der Waals surface area (Å²) in [6, 6.07) is 0. The molecule has 0 unspecified atom stereocenters. The number of sulfonamides is 1. The van der Waals surface area contributed by atoms with E-state index in [0.717, 1.165) is 6.42 Å². The number of carbonyl (C=O) groups is 1. The van der Waals surface area contributed by atoms with Gasteiger partial charge in [-0.15, -0.1) is 4.40 Å². The van der Waals surface area contributed by atoms with Crippen LogP contribution in [0.2, 0.25) is 0 Å². The van der Waals surface area contributed by atoms with E-state index >= 15 is 0 Å². The molecule has 2 aliphatic rings. The lowest BCUT2D eigenvalue weighted by Crippen LogP contribution is -2.38. The first-order chi connectivity index (χ1) is 9.02. The van der Waals surface area contributed by atoms with Gasteiger partial charge in [0.05, 0.1) is 11.3 Å². The summed E-state index contributed by atoms with van der Waals surface area (Å²) in [7, 11) is -3.36. The summed E-state index contributed by atoms with van der Waals surface area (Å²) >= 11 is 0. The van der Waals surface area contributed by atoms with Crippen molar-refractivity contribution in [1.82, 2.24) is 10.2 Å². The zero-order chi connectivity index (χ0) is 13.9. The minimum absolute atomic E-state index is 0.0388. The summed E-state index contributed by atoms with van der Waals surface area (Å²) in [5.74, 6) is 0.116. The minimum Gasteiger partial charge on any atom is -0.352 e. The highest BCUT2D eigenvalue weighted by atomic mass is 32.2. The molecule has 0 aromatic rings. The van der Waals surface area contributed by atoms with Crippen LogP contribution in [0, 0.1) is 0 Å². The second-order valence-electron chi connectivity index (χ2n) is 4.24. The number of amides is 1. The van der Waals surface area contributed by atoms with E-state index in [2.05, 4.69) is 9.71 Å². The standard InChI is InChI=1S/C11H16N4O3S/c12-4-1-5-13-11(16)9-2-3-10-14-19(17,18)7-6-15(10)8-9/h2-3,8H,1,4-7,12H2,(H,13,16). The Balaban J connectivity index is 2.06. The lowest BCUT2D eigenvalue weighted by molar-refractivity contribution is -0.117. The maximum absolute atomic E-state index is 11.8. The fourth-order valence-corrected chi connectivity index (χ4v) is 2.71. The van der Waals surface area contributed by atoms with Gasteiger partial charge in [0.2, 0.25) is 0 Å². The van der Waals surface area contributed by atoms with Crippen LogP contribution in [0.5, 0.6) is 0 Å². The molecule has 3 N–H and O–H groups in total. The highest BCUT2D eigenvalue weighted by Crippen LogP contribution is 2.15. The molecule has 7 nitrogen and oxygen atoms in total. The van der Waals surface area contributed by atoms with E-state index in [1.807, 2.05) is 0 Å². The molecular weight excluding hydrogens is 268 g/mol. The van der Waals surface area contributed by atoms with Gasteiger partial charge in [0.1, 0.15) is 5.84 Å². The molecule has 0 fully saturated rings. The summed E-state index contributed by atoms with van der Waals surface area (Å²) in [6.07, 6.45) is 5.44. The number of amidine groups is 1. The number of hydrogen-bond acceptors (Lipinski definition) is 5. The van der Waals surface area contributed by atoms with Crippen molar-refractivity contribution in [2.75, 3.05) is 25.4 Å². The number of nitrogens with zero attached hydrogens (tertiary/aromatic N) is 2. The average Bonchev–Trinajstić information content (AvgIpc) is 2.37. The lowest BCUT2D eigenvalue weighted by Gasteiger charge is -2.26. The summed E-state index contributed by atoms with van der Waals surface area (Å²) in [4.78, 5) is 13.5. The van der Waals surface area contributed by atoms with Gasteiger partial charge < -0.3 is 16.0 Å². The highest BCUT2D eigenvalue weighted by molar-refractivity contribution is 7.90. The third-order valence-corrected chi connectivity index (χ3v) is 3.92. The molecule has 8 heteroatoms. The maximum Gasteiger partial charge on any atom is 0.256 e. The van der Waals surface area contributed by atoms with Crippen LogP contribution < -0.4 is 11.1 Å². The van der Waals surface area contributed by atoms with Gasteiger partial charge in [-0.05, 0) is 25.1 Å². The molecule has 0 atom stereocenters. The van der Waals surface area contributed by atoms with E-state index < -0.39 is 10.0 Å². The van der Waals surface area contributed by atoms with Crippen molar-refractivity contribution < 1.29 is 13.2 Å². The van der Waals surface area contributed by atoms with E-state index in [4.69, 9.17) is 5.73 Å². The van der Waals surface area contributed by atoms with Crippen LogP contribution in [0.25, 0.3) is 0 Å². The molecule has 1 amide bonds. The average molecular weight is 284 g/mol. The molecule has 0 aromatic carbocycles. The lowest BCUT2D eigenvalue weighted by atomic mass is 10.2. The Morgan fingerprint density at radius 2 is 2.26 bits per heavy atom. The topological polar surface area (TPSA) is 105 Å². The number of carbonyl (C=O) groups excluding carboxylic acids is 1. The number of rotatable bonds is 4. The van der Waals surface area contributed by atoms with Crippen molar-refractivity contribution in [1.29, 1.82) is 0 Å². The number of hydrogen-bond donors (Lipinski definition) is 2. The Hall–Kier alpha value is -1.67. The summed E-state index contributed by atoms with van der Waals surface area (Å²) in [5, 5.41) is 2.74. The monoisotopic (exact) mass is 284 g/mol. The molecule has 0 radical (unpaired) electrons. The van der Waals surface area contributed by atoms with Gasteiger partial charge in [0, 0.05) is 19.3 Å². The van der Waals surface area contributed by atoms with Crippen molar-refractivity contribution in [2.24, 2.45) is 10.1 Å². The largest absolute Gasteiger partial charge is 0.352 e. The fraction of sp³-hybridized carbons (Fsp3) is 0.455. The molecule has 0 saturated heterocycles. The SMILES string of the molecule is NCCCNC(=O)C1=CN2CCS(=O)(=O)N=C2C=C1. The summed E-state index contributed by atoms with van der Waals surface area (Å²) in [5.41, 5.74) is 5.83. The maximum atomic E-state index is 11.8. The van der Waals surface area contributed by atoms with Crippen molar-refractivity contribution in [3.8, 4) is 0 Å². The van der Waals surface area contributed by atoms with Gasteiger partial charge >= 0.3 is 0 Å². The third kappa shape index (κ3) is 3.42. The van der Waals surface area contributed by atoms with Crippen molar-refractivity contribution in [3.63, 3.8) is 0 Å². The molecule has 0 aliphatic carbocycles. The third-order valence-electron chi connectivity index (χ3n) is 2.75. The van der Waals surface area contributed by atoms with Crippen LogP contribution >= 0.6 is 0 Å². The van der Waals surface area contributed by atoms with Crippen LogP contribution in [0.15, 0.2) is 28.3 Å². The fourth-order valence-electron chi connectivity index (χ4n) is 1.74. The van der Waals surface area contributed by atoms with Gasteiger partial charge in [-0.2, -0.15) is 0 Å².